The number of esters is 1. The van der Waals surface area contributed by atoms with Crippen molar-refractivity contribution in [2.45, 2.75) is 32.2 Å². The molecular formula is C19H18N2O3S. The molecule has 1 atom stereocenters. The van der Waals surface area contributed by atoms with E-state index in [9.17, 15) is 9.59 Å². The van der Waals surface area contributed by atoms with E-state index in [0.29, 0.717) is 35.6 Å². The Morgan fingerprint density at radius 3 is 2.92 bits per heavy atom. The van der Waals surface area contributed by atoms with Gasteiger partial charge >= 0.3 is 5.97 Å². The van der Waals surface area contributed by atoms with E-state index in [2.05, 4.69) is 4.98 Å². The third kappa shape index (κ3) is 2.76. The van der Waals surface area contributed by atoms with Gasteiger partial charge in [-0.15, -0.1) is 11.3 Å². The monoisotopic (exact) mass is 354 g/mol. The van der Waals surface area contributed by atoms with E-state index in [-0.39, 0.29) is 11.5 Å². The molecule has 0 N–H and O–H groups in total. The van der Waals surface area contributed by atoms with E-state index >= 15 is 0 Å². The summed E-state index contributed by atoms with van der Waals surface area (Å²) in [5.41, 5.74) is 1.67. The van der Waals surface area contributed by atoms with Gasteiger partial charge in [0, 0.05) is 11.4 Å². The summed E-state index contributed by atoms with van der Waals surface area (Å²) in [7, 11) is 0. The van der Waals surface area contributed by atoms with Crippen LogP contribution >= 0.6 is 11.3 Å². The Kier molecular flexibility index (Phi) is 4.13. The molecule has 5 nitrogen and oxygen atoms in total. The van der Waals surface area contributed by atoms with E-state index in [4.69, 9.17) is 4.74 Å². The Morgan fingerprint density at radius 1 is 1.36 bits per heavy atom. The summed E-state index contributed by atoms with van der Waals surface area (Å²) < 4.78 is 7.47. The Balaban J connectivity index is 1.86. The molecule has 0 spiro atoms. The van der Waals surface area contributed by atoms with Crippen molar-refractivity contribution < 1.29 is 9.53 Å². The summed E-state index contributed by atoms with van der Waals surface area (Å²) in [6.45, 7) is 2.72. The molecule has 0 fully saturated rings. The highest BCUT2D eigenvalue weighted by atomic mass is 32.1. The van der Waals surface area contributed by atoms with Crippen LogP contribution < -0.4 is 5.56 Å². The molecule has 3 heterocycles. The van der Waals surface area contributed by atoms with Crippen molar-refractivity contribution in [3.05, 3.63) is 52.6 Å². The largest absolute Gasteiger partial charge is 0.465 e. The summed E-state index contributed by atoms with van der Waals surface area (Å²) in [5.74, 6) is -0.203. The minimum Gasteiger partial charge on any atom is -0.465 e. The lowest BCUT2D eigenvalue weighted by Crippen LogP contribution is -2.33. The third-order valence-electron chi connectivity index (χ3n) is 4.48. The van der Waals surface area contributed by atoms with Crippen LogP contribution in [0, 0.1) is 0 Å². The maximum absolute atomic E-state index is 12.9. The highest BCUT2D eigenvalue weighted by molar-refractivity contribution is 7.22. The van der Waals surface area contributed by atoms with E-state index in [0.717, 1.165) is 16.9 Å². The van der Waals surface area contributed by atoms with Crippen LogP contribution in [0.25, 0.3) is 20.7 Å². The van der Waals surface area contributed by atoms with Gasteiger partial charge in [-0.3, -0.25) is 14.2 Å². The smallest absolute Gasteiger partial charge is 0.316 e. The molecule has 3 aromatic rings. The minimum atomic E-state index is -0.453. The molecule has 1 aliphatic heterocycles. The van der Waals surface area contributed by atoms with Gasteiger partial charge in [-0.25, -0.2) is 4.98 Å². The number of fused-ring (bicyclic) bond motifs is 2. The van der Waals surface area contributed by atoms with Gasteiger partial charge < -0.3 is 4.74 Å². The van der Waals surface area contributed by atoms with E-state index in [1.54, 1.807) is 11.5 Å². The topological polar surface area (TPSA) is 61.2 Å². The minimum absolute atomic E-state index is 0.0545. The van der Waals surface area contributed by atoms with Crippen LogP contribution in [0.2, 0.25) is 0 Å². The van der Waals surface area contributed by atoms with Gasteiger partial charge in [0.2, 0.25) is 0 Å². The van der Waals surface area contributed by atoms with Gasteiger partial charge in [-0.05, 0) is 31.4 Å². The second-order valence-corrected chi connectivity index (χ2v) is 7.12. The zero-order valence-electron chi connectivity index (χ0n) is 13.9. The lowest BCUT2D eigenvalue weighted by molar-refractivity contribution is -0.145. The van der Waals surface area contributed by atoms with E-state index in [1.807, 2.05) is 36.4 Å². The maximum Gasteiger partial charge on any atom is 0.316 e. The van der Waals surface area contributed by atoms with E-state index < -0.39 is 5.92 Å². The molecule has 0 radical (unpaired) electrons. The molecule has 0 bridgehead atoms. The molecule has 6 heteroatoms. The first-order valence-corrected chi connectivity index (χ1v) is 9.27. The second-order valence-electron chi connectivity index (χ2n) is 6.06. The van der Waals surface area contributed by atoms with Crippen molar-refractivity contribution in [2.75, 3.05) is 6.61 Å². The van der Waals surface area contributed by atoms with Crippen molar-refractivity contribution in [3.8, 4) is 10.4 Å². The van der Waals surface area contributed by atoms with Crippen LogP contribution in [0.5, 0.6) is 0 Å². The molecule has 1 aromatic carbocycles. The first-order chi connectivity index (χ1) is 12.2. The Bertz CT molecular complexity index is 991. The number of aromatic nitrogens is 2. The molecule has 0 amide bonds. The normalized spacial score (nSPS) is 16.6. The number of ether oxygens (including phenoxy) is 1. The summed E-state index contributed by atoms with van der Waals surface area (Å²) >= 11 is 1.46. The number of benzene rings is 1. The lowest BCUT2D eigenvalue weighted by atomic mass is 9.98. The third-order valence-corrected chi connectivity index (χ3v) is 5.64. The molecule has 2 aromatic heterocycles. The van der Waals surface area contributed by atoms with Crippen molar-refractivity contribution in [1.29, 1.82) is 0 Å². The predicted molar refractivity (Wildman–Crippen MR) is 97.9 cm³/mol. The van der Waals surface area contributed by atoms with Crippen LogP contribution in [-0.4, -0.2) is 22.1 Å². The molecule has 1 aliphatic rings. The first kappa shape index (κ1) is 16.0. The van der Waals surface area contributed by atoms with Crippen molar-refractivity contribution in [1.82, 2.24) is 9.55 Å². The number of hydrogen-bond acceptors (Lipinski definition) is 5. The molecule has 1 unspecified atom stereocenters. The van der Waals surface area contributed by atoms with Crippen LogP contribution in [0.1, 0.15) is 31.5 Å². The Labute approximate surface area is 148 Å². The Morgan fingerprint density at radius 2 is 2.16 bits per heavy atom. The van der Waals surface area contributed by atoms with Gasteiger partial charge in [-0.1, -0.05) is 30.3 Å². The number of nitrogens with zero attached hydrogens (tertiary/aromatic N) is 2. The van der Waals surface area contributed by atoms with Crippen molar-refractivity contribution >= 4 is 27.5 Å². The highest BCUT2D eigenvalue weighted by Gasteiger charge is 2.31. The lowest BCUT2D eigenvalue weighted by Gasteiger charge is -2.24. The average molecular weight is 354 g/mol. The highest BCUT2D eigenvalue weighted by Crippen LogP contribution is 2.33. The maximum atomic E-state index is 12.9. The van der Waals surface area contributed by atoms with Crippen molar-refractivity contribution in [2.24, 2.45) is 0 Å². The molecule has 128 valence electrons. The number of rotatable bonds is 3. The molecule has 0 saturated heterocycles. The Hall–Kier alpha value is -2.47. The molecule has 25 heavy (non-hydrogen) atoms. The van der Waals surface area contributed by atoms with Gasteiger partial charge in [-0.2, -0.15) is 0 Å². The molecule has 0 saturated carbocycles. The van der Waals surface area contributed by atoms with Crippen LogP contribution in [0.3, 0.4) is 0 Å². The zero-order chi connectivity index (χ0) is 17.4. The van der Waals surface area contributed by atoms with E-state index in [1.165, 1.54) is 11.3 Å². The van der Waals surface area contributed by atoms with Crippen LogP contribution in [-0.2, 0) is 16.1 Å². The molecular weight excluding hydrogens is 336 g/mol. The number of thiophene rings is 1. The summed E-state index contributed by atoms with van der Waals surface area (Å²) in [5, 5.41) is 0. The van der Waals surface area contributed by atoms with Gasteiger partial charge in [0.25, 0.3) is 5.56 Å². The van der Waals surface area contributed by atoms with Gasteiger partial charge in [0.05, 0.1) is 12.1 Å². The SMILES string of the molecule is CCOC(=O)C1CCCn2c1nc1cc(-c3ccccc3)sc1c2=O. The van der Waals surface area contributed by atoms with Crippen molar-refractivity contribution in [3.63, 3.8) is 0 Å². The zero-order valence-corrected chi connectivity index (χ0v) is 14.7. The number of carbonyl (C=O) groups is 1. The average Bonchev–Trinajstić information content (AvgIpc) is 3.07. The van der Waals surface area contributed by atoms with Gasteiger partial charge in [0.15, 0.2) is 0 Å². The summed E-state index contributed by atoms with van der Waals surface area (Å²) in [4.78, 5) is 30.9. The van der Waals surface area contributed by atoms with Crippen LogP contribution in [0.15, 0.2) is 41.2 Å². The molecule has 0 aliphatic carbocycles. The fourth-order valence-electron chi connectivity index (χ4n) is 3.30. The number of hydrogen-bond donors (Lipinski definition) is 0. The quantitative estimate of drug-likeness (QED) is 0.675. The fraction of sp³-hybridized carbons (Fsp3) is 0.316. The predicted octanol–water partition coefficient (Wildman–Crippen LogP) is 3.57. The van der Waals surface area contributed by atoms with Crippen LogP contribution in [0.4, 0.5) is 0 Å². The standard InChI is InChI=1S/C19H18N2O3S/c1-2-24-19(23)13-9-6-10-21-17(13)20-14-11-15(25-16(14)18(21)22)12-7-4-3-5-8-12/h3-5,7-8,11,13H,2,6,9-10H2,1H3. The summed E-state index contributed by atoms with van der Waals surface area (Å²) in [6.07, 6.45) is 1.45. The van der Waals surface area contributed by atoms with Gasteiger partial charge in [0.1, 0.15) is 16.4 Å². The first-order valence-electron chi connectivity index (χ1n) is 8.45. The fourth-order valence-corrected chi connectivity index (χ4v) is 4.35. The summed E-state index contributed by atoms with van der Waals surface area (Å²) in [6, 6.07) is 11.9. The second kappa shape index (κ2) is 6.44. The molecule has 4 rings (SSSR count). The number of carbonyl (C=O) groups excluding carboxylic acids is 1.